The van der Waals surface area contributed by atoms with Crippen LogP contribution in [0.1, 0.15) is 11.1 Å². The number of hydrogen-bond donors (Lipinski definition) is 2. The molecule has 1 aromatic carbocycles. The first-order valence-corrected chi connectivity index (χ1v) is 9.10. The highest BCUT2D eigenvalue weighted by Crippen LogP contribution is 2.26. The molecule has 0 fully saturated rings. The smallest absolute Gasteiger partial charge is 0.313 e. The fourth-order valence-corrected chi connectivity index (χ4v) is 4.19. The standard InChI is InChI=1S/C13H15NO5S2/c15-12(7-20-8-13(16)17)14-6-9-1-2-11-10(5-9)3-4-21(11,18)19/h1-2,5H,3-4,6-8H2,(H,14,15)(H,16,17). The van der Waals surface area contributed by atoms with Gasteiger partial charge in [-0.3, -0.25) is 9.59 Å². The van der Waals surface area contributed by atoms with Crippen molar-refractivity contribution in [3.05, 3.63) is 29.3 Å². The number of amides is 1. The van der Waals surface area contributed by atoms with Crippen LogP contribution in [0.25, 0.3) is 0 Å². The molecule has 2 N–H and O–H groups in total. The van der Waals surface area contributed by atoms with Crippen LogP contribution < -0.4 is 5.32 Å². The van der Waals surface area contributed by atoms with Crippen molar-refractivity contribution in [2.45, 2.75) is 17.9 Å². The van der Waals surface area contributed by atoms with E-state index in [4.69, 9.17) is 5.11 Å². The van der Waals surface area contributed by atoms with Crippen molar-refractivity contribution < 1.29 is 23.1 Å². The molecule has 1 heterocycles. The molecule has 1 amide bonds. The molecule has 8 heteroatoms. The number of thioether (sulfide) groups is 1. The fraction of sp³-hybridized carbons (Fsp3) is 0.385. The van der Waals surface area contributed by atoms with E-state index in [1.165, 1.54) is 0 Å². The van der Waals surface area contributed by atoms with Crippen LogP contribution in [0.5, 0.6) is 0 Å². The minimum Gasteiger partial charge on any atom is -0.481 e. The maximum absolute atomic E-state index is 11.7. The maximum atomic E-state index is 11.7. The zero-order valence-corrected chi connectivity index (χ0v) is 12.8. The number of carboxylic acid groups (broad SMARTS) is 1. The quantitative estimate of drug-likeness (QED) is 0.786. The zero-order chi connectivity index (χ0) is 15.5. The van der Waals surface area contributed by atoms with E-state index in [1.807, 2.05) is 0 Å². The van der Waals surface area contributed by atoms with Crippen LogP contribution in [0, 0.1) is 0 Å². The summed E-state index contributed by atoms with van der Waals surface area (Å²) in [4.78, 5) is 22.2. The summed E-state index contributed by atoms with van der Waals surface area (Å²) in [6.45, 7) is 0.305. The van der Waals surface area contributed by atoms with E-state index in [1.54, 1.807) is 18.2 Å². The predicted molar refractivity (Wildman–Crippen MR) is 79.0 cm³/mol. The third-order valence-electron chi connectivity index (χ3n) is 3.05. The first kappa shape index (κ1) is 15.8. The van der Waals surface area contributed by atoms with E-state index in [0.29, 0.717) is 17.9 Å². The average Bonchev–Trinajstić information content (AvgIpc) is 2.71. The van der Waals surface area contributed by atoms with Gasteiger partial charge in [-0.1, -0.05) is 12.1 Å². The lowest BCUT2D eigenvalue weighted by molar-refractivity contribution is -0.133. The van der Waals surface area contributed by atoms with Gasteiger partial charge in [0.25, 0.3) is 0 Å². The number of carboxylic acids is 1. The molecule has 1 aromatic rings. The summed E-state index contributed by atoms with van der Waals surface area (Å²) in [5.41, 5.74) is 1.63. The first-order chi connectivity index (χ1) is 9.88. The van der Waals surface area contributed by atoms with Crippen molar-refractivity contribution in [1.82, 2.24) is 5.32 Å². The van der Waals surface area contributed by atoms with Crippen LogP contribution in [0.3, 0.4) is 0 Å². The molecule has 0 aromatic heterocycles. The summed E-state index contributed by atoms with van der Waals surface area (Å²) in [6.07, 6.45) is 0.508. The summed E-state index contributed by atoms with van der Waals surface area (Å²) < 4.78 is 23.4. The van der Waals surface area contributed by atoms with E-state index >= 15 is 0 Å². The van der Waals surface area contributed by atoms with E-state index in [-0.39, 0.29) is 23.2 Å². The number of nitrogens with one attached hydrogen (secondary N) is 1. The summed E-state index contributed by atoms with van der Waals surface area (Å²) in [6, 6.07) is 5.06. The van der Waals surface area contributed by atoms with Gasteiger partial charge in [0.15, 0.2) is 9.84 Å². The number of benzene rings is 1. The van der Waals surface area contributed by atoms with Crippen LogP contribution in [0.15, 0.2) is 23.1 Å². The van der Waals surface area contributed by atoms with Gasteiger partial charge in [0.2, 0.25) is 5.91 Å². The van der Waals surface area contributed by atoms with Crippen molar-refractivity contribution in [3.8, 4) is 0 Å². The van der Waals surface area contributed by atoms with Crippen molar-refractivity contribution in [1.29, 1.82) is 0 Å². The van der Waals surface area contributed by atoms with Crippen molar-refractivity contribution in [2.24, 2.45) is 0 Å². The Kier molecular flexibility index (Phi) is 4.89. The number of fused-ring (bicyclic) bond motifs is 1. The van der Waals surface area contributed by atoms with Gasteiger partial charge in [-0.15, -0.1) is 11.8 Å². The molecule has 114 valence electrons. The lowest BCUT2D eigenvalue weighted by Crippen LogP contribution is -2.25. The van der Waals surface area contributed by atoms with Crippen molar-refractivity contribution in [3.63, 3.8) is 0 Å². The monoisotopic (exact) mass is 329 g/mol. The fourth-order valence-electron chi connectivity index (χ4n) is 2.08. The van der Waals surface area contributed by atoms with Gasteiger partial charge < -0.3 is 10.4 Å². The van der Waals surface area contributed by atoms with Crippen LogP contribution in [-0.2, 0) is 32.4 Å². The third-order valence-corrected chi connectivity index (χ3v) is 5.78. The molecular weight excluding hydrogens is 314 g/mol. The molecule has 21 heavy (non-hydrogen) atoms. The number of aryl methyl sites for hydroxylation is 1. The van der Waals surface area contributed by atoms with Crippen LogP contribution >= 0.6 is 11.8 Å². The molecule has 0 spiro atoms. The topological polar surface area (TPSA) is 101 Å². The third kappa shape index (κ3) is 4.21. The van der Waals surface area contributed by atoms with Gasteiger partial charge in [0.05, 0.1) is 22.2 Å². The lowest BCUT2D eigenvalue weighted by Gasteiger charge is -2.06. The molecule has 2 rings (SSSR count). The second kappa shape index (κ2) is 6.48. The van der Waals surface area contributed by atoms with Crippen LogP contribution in [0.4, 0.5) is 0 Å². The Hall–Kier alpha value is -1.54. The second-order valence-corrected chi connectivity index (χ2v) is 7.74. The molecule has 1 aliphatic rings. The number of carbonyl (C=O) groups excluding carboxylic acids is 1. The van der Waals surface area contributed by atoms with Gasteiger partial charge in [-0.2, -0.15) is 0 Å². The Bertz CT molecular complexity index is 669. The molecule has 6 nitrogen and oxygen atoms in total. The van der Waals surface area contributed by atoms with Gasteiger partial charge in [0, 0.05) is 6.54 Å². The summed E-state index contributed by atoms with van der Waals surface area (Å²) in [7, 11) is -3.12. The molecule has 0 radical (unpaired) electrons. The predicted octanol–water partition coefficient (Wildman–Crippen LogP) is 0.450. The minimum absolute atomic E-state index is 0.0889. The molecule has 0 unspecified atom stereocenters. The SMILES string of the molecule is O=C(O)CSCC(=O)NCc1ccc2c(c1)CCS2(=O)=O. The largest absolute Gasteiger partial charge is 0.481 e. The Morgan fingerprint density at radius 3 is 2.76 bits per heavy atom. The van der Waals surface area contributed by atoms with Crippen LogP contribution in [0.2, 0.25) is 0 Å². The molecule has 0 saturated heterocycles. The summed E-state index contributed by atoms with van der Waals surface area (Å²) in [5.74, 6) is -1.07. The normalized spacial score (nSPS) is 15.4. The van der Waals surface area contributed by atoms with Gasteiger partial charge in [-0.25, -0.2) is 8.42 Å². The van der Waals surface area contributed by atoms with Gasteiger partial charge >= 0.3 is 5.97 Å². The van der Waals surface area contributed by atoms with E-state index in [2.05, 4.69) is 5.32 Å². The van der Waals surface area contributed by atoms with E-state index in [0.717, 1.165) is 22.9 Å². The Morgan fingerprint density at radius 1 is 1.29 bits per heavy atom. The summed E-state index contributed by atoms with van der Waals surface area (Å²) >= 11 is 1.03. The first-order valence-electron chi connectivity index (χ1n) is 6.29. The van der Waals surface area contributed by atoms with Crippen molar-refractivity contribution >= 4 is 33.5 Å². The second-order valence-electron chi connectivity index (χ2n) is 4.67. The maximum Gasteiger partial charge on any atom is 0.313 e. The van der Waals surface area contributed by atoms with Gasteiger partial charge in [0.1, 0.15) is 0 Å². The highest BCUT2D eigenvalue weighted by Gasteiger charge is 2.25. The van der Waals surface area contributed by atoms with E-state index in [9.17, 15) is 18.0 Å². The Balaban J connectivity index is 1.87. The highest BCUT2D eigenvalue weighted by molar-refractivity contribution is 8.00. The summed E-state index contributed by atoms with van der Waals surface area (Å²) in [5, 5.41) is 11.1. The number of rotatable bonds is 6. The molecular formula is C13H15NO5S2. The lowest BCUT2D eigenvalue weighted by atomic mass is 10.1. The Morgan fingerprint density at radius 2 is 2.05 bits per heavy atom. The minimum atomic E-state index is -3.12. The molecule has 0 atom stereocenters. The molecule has 0 saturated carbocycles. The van der Waals surface area contributed by atoms with E-state index < -0.39 is 15.8 Å². The zero-order valence-electron chi connectivity index (χ0n) is 11.2. The van der Waals surface area contributed by atoms with Gasteiger partial charge in [-0.05, 0) is 23.6 Å². The Labute approximate surface area is 126 Å². The van der Waals surface area contributed by atoms with Crippen LogP contribution in [-0.4, -0.2) is 42.7 Å². The number of hydrogen-bond acceptors (Lipinski definition) is 5. The number of carbonyl (C=O) groups is 2. The number of sulfone groups is 1. The molecule has 1 aliphatic heterocycles. The molecule has 0 aliphatic carbocycles. The van der Waals surface area contributed by atoms with Crippen molar-refractivity contribution in [2.75, 3.05) is 17.3 Å². The number of aliphatic carboxylic acids is 1. The molecule has 0 bridgehead atoms. The highest BCUT2D eigenvalue weighted by atomic mass is 32.2. The average molecular weight is 329 g/mol.